The van der Waals surface area contributed by atoms with Crippen molar-refractivity contribution < 1.29 is 19.1 Å². The smallest absolute Gasteiger partial charge is 0.322 e. The van der Waals surface area contributed by atoms with Crippen molar-refractivity contribution in [3.63, 3.8) is 0 Å². The van der Waals surface area contributed by atoms with Crippen LogP contribution in [0.3, 0.4) is 0 Å². The standard InChI is InChI=1S/C19H22N6O4/c1-24(2)17(26)10-20-19(27)22-18-21-16-8-6-13(11-25(16)23-18)12-5-7-14(28-3)15(9-12)29-4/h5-9,11H,10H2,1-4H3,(H2,20,22,23,27). The van der Waals surface area contributed by atoms with Crippen molar-refractivity contribution in [2.24, 2.45) is 0 Å². The summed E-state index contributed by atoms with van der Waals surface area (Å²) >= 11 is 0. The van der Waals surface area contributed by atoms with Gasteiger partial charge in [-0.15, -0.1) is 5.10 Å². The van der Waals surface area contributed by atoms with Gasteiger partial charge in [0, 0.05) is 25.9 Å². The van der Waals surface area contributed by atoms with E-state index in [0.29, 0.717) is 17.1 Å². The van der Waals surface area contributed by atoms with Crippen LogP contribution in [0.1, 0.15) is 0 Å². The molecule has 0 saturated heterocycles. The van der Waals surface area contributed by atoms with E-state index in [1.807, 2.05) is 24.3 Å². The van der Waals surface area contributed by atoms with E-state index in [0.717, 1.165) is 11.1 Å². The first-order chi connectivity index (χ1) is 13.9. The Hall–Kier alpha value is -3.82. The maximum atomic E-state index is 11.9. The molecule has 0 saturated carbocycles. The number of urea groups is 1. The van der Waals surface area contributed by atoms with Gasteiger partial charge in [-0.05, 0) is 29.8 Å². The normalized spacial score (nSPS) is 10.5. The zero-order valence-corrected chi connectivity index (χ0v) is 16.6. The van der Waals surface area contributed by atoms with Crippen molar-refractivity contribution in [3.8, 4) is 22.6 Å². The quantitative estimate of drug-likeness (QED) is 0.653. The van der Waals surface area contributed by atoms with Gasteiger partial charge in [0.2, 0.25) is 5.91 Å². The summed E-state index contributed by atoms with van der Waals surface area (Å²) in [4.78, 5) is 29.1. The Kier molecular flexibility index (Phi) is 5.82. The van der Waals surface area contributed by atoms with Gasteiger partial charge in [0.1, 0.15) is 0 Å². The molecule has 1 aromatic carbocycles. The number of ether oxygens (including phenoxy) is 2. The minimum absolute atomic E-state index is 0.115. The van der Waals surface area contributed by atoms with E-state index in [4.69, 9.17) is 9.47 Å². The SMILES string of the molecule is COc1ccc(-c2ccc3nc(NC(=O)NCC(=O)N(C)C)nn3c2)cc1OC. The van der Waals surface area contributed by atoms with Crippen LogP contribution in [0, 0.1) is 0 Å². The summed E-state index contributed by atoms with van der Waals surface area (Å²) < 4.78 is 12.2. The molecule has 152 valence electrons. The third kappa shape index (κ3) is 4.54. The molecular formula is C19H22N6O4. The van der Waals surface area contributed by atoms with Crippen LogP contribution in [0.5, 0.6) is 11.5 Å². The zero-order valence-electron chi connectivity index (χ0n) is 16.6. The number of hydrogen-bond acceptors (Lipinski definition) is 6. The molecule has 3 amide bonds. The molecule has 2 N–H and O–H groups in total. The topological polar surface area (TPSA) is 110 Å². The molecule has 10 heteroatoms. The first kappa shape index (κ1) is 19.9. The van der Waals surface area contributed by atoms with Crippen LogP contribution in [0.25, 0.3) is 16.8 Å². The van der Waals surface area contributed by atoms with Gasteiger partial charge in [0.05, 0.1) is 20.8 Å². The predicted octanol–water partition coefficient (Wildman–Crippen LogP) is 1.62. The lowest BCUT2D eigenvalue weighted by molar-refractivity contribution is -0.127. The molecule has 0 fully saturated rings. The Morgan fingerprint density at radius 2 is 1.79 bits per heavy atom. The number of rotatable bonds is 6. The van der Waals surface area contributed by atoms with Gasteiger partial charge < -0.3 is 19.7 Å². The number of pyridine rings is 1. The third-order valence-electron chi connectivity index (χ3n) is 4.17. The minimum atomic E-state index is -0.559. The van der Waals surface area contributed by atoms with Crippen LogP contribution >= 0.6 is 0 Å². The van der Waals surface area contributed by atoms with Gasteiger partial charge in [-0.2, -0.15) is 4.98 Å². The monoisotopic (exact) mass is 398 g/mol. The molecule has 10 nitrogen and oxygen atoms in total. The molecule has 3 aromatic rings. The number of amides is 3. The number of methoxy groups -OCH3 is 2. The number of fused-ring (bicyclic) bond motifs is 1. The zero-order chi connectivity index (χ0) is 21.0. The molecule has 0 radical (unpaired) electrons. The van der Waals surface area contributed by atoms with E-state index < -0.39 is 6.03 Å². The largest absolute Gasteiger partial charge is 0.493 e. The molecule has 29 heavy (non-hydrogen) atoms. The summed E-state index contributed by atoms with van der Waals surface area (Å²) in [6.45, 7) is -0.115. The molecular weight excluding hydrogens is 376 g/mol. The number of hydrogen-bond donors (Lipinski definition) is 2. The number of likely N-dealkylation sites (N-methyl/N-ethyl adjacent to an activating group) is 1. The lowest BCUT2D eigenvalue weighted by Crippen LogP contribution is -2.38. The molecule has 0 aliphatic rings. The Morgan fingerprint density at radius 3 is 2.48 bits per heavy atom. The highest BCUT2D eigenvalue weighted by atomic mass is 16.5. The van der Waals surface area contributed by atoms with E-state index in [1.165, 1.54) is 4.90 Å². The first-order valence-corrected chi connectivity index (χ1v) is 8.75. The van der Waals surface area contributed by atoms with Crippen molar-refractivity contribution >= 4 is 23.5 Å². The third-order valence-corrected chi connectivity index (χ3v) is 4.17. The van der Waals surface area contributed by atoms with Crippen LogP contribution in [-0.2, 0) is 4.79 Å². The number of aromatic nitrogens is 3. The summed E-state index contributed by atoms with van der Waals surface area (Å²) in [5.74, 6) is 1.17. The number of carbonyl (C=O) groups excluding carboxylic acids is 2. The number of nitrogens with one attached hydrogen (secondary N) is 2. The molecule has 3 rings (SSSR count). The average Bonchev–Trinajstić information content (AvgIpc) is 3.12. The second kappa shape index (κ2) is 8.46. The molecule has 2 aromatic heterocycles. The van der Waals surface area contributed by atoms with Crippen molar-refractivity contribution in [1.29, 1.82) is 0 Å². The van der Waals surface area contributed by atoms with Gasteiger partial charge in [-0.3, -0.25) is 10.1 Å². The maximum absolute atomic E-state index is 11.9. The lowest BCUT2D eigenvalue weighted by Gasteiger charge is -2.10. The van der Waals surface area contributed by atoms with Crippen LogP contribution < -0.4 is 20.1 Å². The van der Waals surface area contributed by atoms with Gasteiger partial charge >= 0.3 is 6.03 Å². The highest BCUT2D eigenvalue weighted by Gasteiger charge is 2.12. The maximum Gasteiger partial charge on any atom is 0.322 e. The summed E-state index contributed by atoms with van der Waals surface area (Å²) in [6.07, 6.45) is 1.79. The Bertz CT molecular complexity index is 1050. The van der Waals surface area contributed by atoms with Crippen LogP contribution in [0.15, 0.2) is 36.5 Å². The van der Waals surface area contributed by atoms with Gasteiger partial charge in [-0.1, -0.05) is 6.07 Å². The van der Waals surface area contributed by atoms with Gasteiger partial charge in [-0.25, -0.2) is 9.31 Å². The molecule has 0 atom stereocenters. The van der Waals surface area contributed by atoms with E-state index in [9.17, 15) is 9.59 Å². The summed E-state index contributed by atoms with van der Waals surface area (Å²) in [6, 6.07) is 8.73. The molecule has 2 heterocycles. The molecule has 0 unspecified atom stereocenters. The Balaban J connectivity index is 1.76. The highest BCUT2D eigenvalue weighted by molar-refractivity contribution is 5.91. The average molecular weight is 398 g/mol. The van der Waals surface area contributed by atoms with Crippen molar-refractivity contribution in [3.05, 3.63) is 36.5 Å². The number of anilines is 1. The fourth-order valence-electron chi connectivity index (χ4n) is 2.58. The first-order valence-electron chi connectivity index (χ1n) is 8.75. The molecule has 0 aliphatic carbocycles. The van der Waals surface area contributed by atoms with Crippen molar-refractivity contribution in [1.82, 2.24) is 24.8 Å². The molecule has 0 aliphatic heterocycles. The van der Waals surface area contributed by atoms with Crippen LogP contribution in [0.4, 0.5) is 10.7 Å². The van der Waals surface area contributed by atoms with Crippen LogP contribution in [-0.4, -0.2) is 66.3 Å². The number of nitrogens with zero attached hydrogens (tertiary/aromatic N) is 4. The second-order valence-corrected chi connectivity index (χ2v) is 6.32. The molecule has 0 spiro atoms. The number of benzene rings is 1. The Labute approximate surface area is 167 Å². The Morgan fingerprint density at radius 1 is 1.07 bits per heavy atom. The van der Waals surface area contributed by atoms with E-state index in [-0.39, 0.29) is 18.4 Å². The van der Waals surface area contributed by atoms with Gasteiger partial charge in [0.25, 0.3) is 5.95 Å². The van der Waals surface area contributed by atoms with E-state index in [2.05, 4.69) is 20.7 Å². The summed E-state index contributed by atoms with van der Waals surface area (Å²) in [5.41, 5.74) is 2.36. The van der Waals surface area contributed by atoms with Crippen LogP contribution in [0.2, 0.25) is 0 Å². The second-order valence-electron chi connectivity index (χ2n) is 6.32. The van der Waals surface area contributed by atoms with Crippen molar-refractivity contribution in [2.75, 3.05) is 40.2 Å². The fourth-order valence-corrected chi connectivity index (χ4v) is 2.58. The van der Waals surface area contributed by atoms with Gasteiger partial charge in [0.15, 0.2) is 17.1 Å². The fraction of sp³-hybridized carbons (Fsp3) is 0.263. The summed E-state index contributed by atoms with van der Waals surface area (Å²) in [5, 5.41) is 9.24. The lowest BCUT2D eigenvalue weighted by atomic mass is 10.1. The number of carbonyl (C=O) groups is 2. The highest BCUT2D eigenvalue weighted by Crippen LogP contribution is 2.32. The molecule has 0 bridgehead atoms. The summed E-state index contributed by atoms with van der Waals surface area (Å²) in [7, 11) is 6.39. The van der Waals surface area contributed by atoms with E-state index >= 15 is 0 Å². The predicted molar refractivity (Wildman–Crippen MR) is 107 cm³/mol. The van der Waals surface area contributed by atoms with Crippen molar-refractivity contribution in [2.45, 2.75) is 0 Å². The van der Waals surface area contributed by atoms with E-state index in [1.54, 1.807) is 45.1 Å². The minimum Gasteiger partial charge on any atom is -0.493 e.